The third-order valence-electron chi connectivity index (χ3n) is 4.82. The highest BCUT2D eigenvalue weighted by Crippen LogP contribution is 2.18. The van der Waals surface area contributed by atoms with Gasteiger partial charge in [0.05, 0.1) is 17.3 Å². The van der Waals surface area contributed by atoms with Crippen molar-refractivity contribution in [2.45, 2.75) is 6.54 Å². The normalized spacial score (nSPS) is 11.8. The Labute approximate surface area is 174 Å². The van der Waals surface area contributed by atoms with Gasteiger partial charge in [-0.05, 0) is 35.9 Å². The maximum atomic E-state index is 12.2. The van der Waals surface area contributed by atoms with Gasteiger partial charge < -0.3 is 10.1 Å². The number of fused-ring (bicyclic) bond motifs is 1. The van der Waals surface area contributed by atoms with Gasteiger partial charge in [0.2, 0.25) is 10.0 Å². The van der Waals surface area contributed by atoms with Crippen LogP contribution in [0.2, 0.25) is 0 Å². The maximum absolute atomic E-state index is 12.2. The molecule has 0 radical (unpaired) electrons. The topological polar surface area (TPSA) is 103 Å². The van der Waals surface area contributed by atoms with Crippen LogP contribution in [-0.2, 0) is 35.5 Å². The second-order valence-electron chi connectivity index (χ2n) is 7.10. The number of aryl methyl sites for hydroxylation is 2. The van der Waals surface area contributed by atoms with Gasteiger partial charge >= 0.3 is 5.69 Å². The van der Waals surface area contributed by atoms with Gasteiger partial charge in [-0.25, -0.2) is 17.5 Å². The number of aromatic nitrogens is 2. The first-order valence-electron chi connectivity index (χ1n) is 9.14. The molecule has 0 aliphatic heterocycles. The van der Waals surface area contributed by atoms with Crippen molar-refractivity contribution in [1.29, 1.82) is 0 Å². The summed E-state index contributed by atoms with van der Waals surface area (Å²) >= 11 is 0. The number of ether oxygens (including phenoxy) is 1. The minimum Gasteiger partial charge on any atom is -0.484 e. The van der Waals surface area contributed by atoms with E-state index in [1.807, 2.05) is 0 Å². The molecule has 3 aromatic rings. The van der Waals surface area contributed by atoms with E-state index in [4.69, 9.17) is 4.74 Å². The summed E-state index contributed by atoms with van der Waals surface area (Å²) in [5, 5.41) is 2.75. The first kappa shape index (κ1) is 21.6. The lowest BCUT2D eigenvalue weighted by Crippen LogP contribution is -2.24. The Morgan fingerprint density at radius 1 is 1.07 bits per heavy atom. The van der Waals surface area contributed by atoms with Crippen molar-refractivity contribution in [2.24, 2.45) is 14.1 Å². The third-order valence-corrected chi connectivity index (χ3v) is 6.08. The van der Waals surface area contributed by atoms with E-state index in [1.165, 1.54) is 15.9 Å². The Morgan fingerprint density at radius 3 is 2.33 bits per heavy atom. The van der Waals surface area contributed by atoms with Crippen LogP contribution in [0.25, 0.3) is 11.0 Å². The minimum atomic E-state index is -3.25. The molecule has 160 valence electrons. The SMILES string of the molecule is CN(Cc1ccc(OCC(=O)Nc2ccc3c(c2)n(C)c(=O)n3C)cc1)S(C)(=O)=O. The van der Waals surface area contributed by atoms with Crippen LogP contribution < -0.4 is 15.7 Å². The van der Waals surface area contributed by atoms with Crippen molar-refractivity contribution in [2.75, 3.05) is 25.2 Å². The van der Waals surface area contributed by atoms with Gasteiger partial charge in [-0.1, -0.05) is 12.1 Å². The average Bonchev–Trinajstić information content (AvgIpc) is 2.90. The molecular formula is C20H24N4O5S. The lowest BCUT2D eigenvalue weighted by atomic mass is 10.2. The van der Waals surface area contributed by atoms with Crippen molar-refractivity contribution >= 4 is 32.7 Å². The van der Waals surface area contributed by atoms with E-state index >= 15 is 0 Å². The highest BCUT2D eigenvalue weighted by atomic mass is 32.2. The molecule has 0 spiro atoms. The van der Waals surface area contributed by atoms with Gasteiger partial charge in [-0.15, -0.1) is 0 Å². The molecule has 10 heteroatoms. The molecule has 0 unspecified atom stereocenters. The molecule has 3 rings (SSSR count). The number of nitrogens with zero attached hydrogens (tertiary/aromatic N) is 3. The smallest absolute Gasteiger partial charge is 0.328 e. The molecule has 0 saturated carbocycles. The van der Waals surface area contributed by atoms with E-state index in [9.17, 15) is 18.0 Å². The monoisotopic (exact) mass is 432 g/mol. The number of nitrogens with one attached hydrogen (secondary N) is 1. The van der Waals surface area contributed by atoms with Crippen molar-refractivity contribution in [1.82, 2.24) is 13.4 Å². The molecule has 2 aromatic carbocycles. The zero-order chi connectivity index (χ0) is 22.1. The second-order valence-corrected chi connectivity index (χ2v) is 9.19. The molecule has 1 aromatic heterocycles. The number of carbonyl (C=O) groups is 1. The summed E-state index contributed by atoms with van der Waals surface area (Å²) in [4.78, 5) is 24.2. The zero-order valence-corrected chi connectivity index (χ0v) is 18.1. The van der Waals surface area contributed by atoms with E-state index in [0.717, 1.165) is 22.9 Å². The van der Waals surface area contributed by atoms with Gasteiger partial charge in [0.1, 0.15) is 5.75 Å². The number of imidazole rings is 1. The molecular weight excluding hydrogens is 408 g/mol. The third kappa shape index (κ3) is 4.71. The Bertz CT molecular complexity index is 1240. The Morgan fingerprint density at radius 2 is 1.70 bits per heavy atom. The molecule has 9 nitrogen and oxygen atoms in total. The summed E-state index contributed by atoms with van der Waals surface area (Å²) in [7, 11) is 1.63. The first-order valence-corrected chi connectivity index (χ1v) is 11.0. The summed E-state index contributed by atoms with van der Waals surface area (Å²) in [6.07, 6.45) is 1.15. The molecule has 1 amide bonds. The van der Waals surface area contributed by atoms with Crippen LogP contribution in [0.5, 0.6) is 5.75 Å². The molecule has 1 N–H and O–H groups in total. The number of hydrogen-bond acceptors (Lipinski definition) is 5. The lowest BCUT2D eigenvalue weighted by molar-refractivity contribution is -0.118. The van der Waals surface area contributed by atoms with Gasteiger partial charge in [-0.3, -0.25) is 13.9 Å². The Balaban J connectivity index is 1.59. The quantitative estimate of drug-likeness (QED) is 0.606. The second kappa shape index (κ2) is 8.33. The van der Waals surface area contributed by atoms with Crippen LogP contribution >= 0.6 is 0 Å². The molecule has 0 bridgehead atoms. The number of carbonyl (C=O) groups excluding carboxylic acids is 1. The fourth-order valence-corrected chi connectivity index (χ4v) is 3.38. The predicted octanol–water partition coefficient (Wildman–Crippen LogP) is 1.29. The molecule has 30 heavy (non-hydrogen) atoms. The molecule has 0 aliphatic carbocycles. The average molecular weight is 433 g/mol. The minimum absolute atomic E-state index is 0.136. The van der Waals surface area contributed by atoms with E-state index < -0.39 is 10.0 Å². The molecule has 0 saturated heterocycles. The van der Waals surface area contributed by atoms with Crippen molar-refractivity contribution in [3.05, 3.63) is 58.5 Å². The fourth-order valence-electron chi connectivity index (χ4n) is 3.00. The van der Waals surface area contributed by atoms with Gasteiger partial charge in [0.25, 0.3) is 5.91 Å². The predicted molar refractivity (Wildman–Crippen MR) is 115 cm³/mol. The summed E-state index contributed by atoms with van der Waals surface area (Å²) in [6, 6.07) is 12.1. The Hall–Kier alpha value is -3.11. The summed E-state index contributed by atoms with van der Waals surface area (Å²) in [5.74, 6) is 0.160. The summed E-state index contributed by atoms with van der Waals surface area (Å²) in [6.45, 7) is 0.0679. The van der Waals surface area contributed by atoms with Crippen molar-refractivity contribution < 1.29 is 17.9 Å². The summed E-state index contributed by atoms with van der Waals surface area (Å²) in [5.41, 5.74) is 2.73. The highest BCUT2D eigenvalue weighted by Gasteiger charge is 2.12. The van der Waals surface area contributed by atoms with Crippen LogP contribution in [0.1, 0.15) is 5.56 Å². The number of rotatable bonds is 7. The van der Waals surface area contributed by atoms with Gasteiger partial charge in [0.15, 0.2) is 6.61 Å². The van der Waals surface area contributed by atoms with Crippen LogP contribution in [0.3, 0.4) is 0 Å². The van der Waals surface area contributed by atoms with E-state index in [2.05, 4.69) is 5.32 Å². The van der Waals surface area contributed by atoms with Crippen LogP contribution in [0.4, 0.5) is 5.69 Å². The number of sulfonamides is 1. The maximum Gasteiger partial charge on any atom is 0.328 e. The molecule has 0 fully saturated rings. The van der Waals surface area contributed by atoms with E-state index in [1.54, 1.807) is 61.1 Å². The Kier molecular flexibility index (Phi) is 5.99. The first-order chi connectivity index (χ1) is 14.1. The number of amides is 1. The number of hydrogen-bond donors (Lipinski definition) is 1. The van der Waals surface area contributed by atoms with E-state index in [0.29, 0.717) is 11.4 Å². The van der Waals surface area contributed by atoms with Crippen molar-refractivity contribution in [3.63, 3.8) is 0 Å². The lowest BCUT2D eigenvalue weighted by Gasteiger charge is -2.14. The number of anilines is 1. The van der Waals surface area contributed by atoms with Crippen molar-refractivity contribution in [3.8, 4) is 5.75 Å². The van der Waals surface area contributed by atoms with Crippen LogP contribution in [0.15, 0.2) is 47.3 Å². The van der Waals surface area contributed by atoms with Gasteiger partial charge in [0, 0.05) is 33.4 Å². The zero-order valence-electron chi connectivity index (χ0n) is 17.2. The number of benzene rings is 2. The van der Waals surface area contributed by atoms with Gasteiger partial charge in [-0.2, -0.15) is 0 Å². The highest BCUT2D eigenvalue weighted by molar-refractivity contribution is 7.88. The fraction of sp³-hybridized carbons (Fsp3) is 0.300. The molecule has 0 aliphatic rings. The molecule has 1 heterocycles. The standard InChI is InChI=1S/C20H24N4O5S/c1-22(30(4,27)28)12-14-5-8-16(9-6-14)29-13-19(25)21-15-7-10-17-18(11-15)24(3)20(26)23(17)2/h5-11H,12-13H2,1-4H3,(H,21,25). The van der Waals surface area contributed by atoms with Crippen LogP contribution in [0, 0.1) is 0 Å². The molecule has 0 atom stereocenters. The summed E-state index contributed by atoms with van der Waals surface area (Å²) < 4.78 is 32.8. The largest absolute Gasteiger partial charge is 0.484 e. The van der Waals surface area contributed by atoms with E-state index in [-0.39, 0.29) is 24.7 Å². The van der Waals surface area contributed by atoms with Crippen LogP contribution in [-0.4, -0.2) is 47.7 Å².